The van der Waals surface area contributed by atoms with E-state index in [9.17, 15) is 22.4 Å². The van der Waals surface area contributed by atoms with Crippen molar-refractivity contribution in [3.05, 3.63) is 59.2 Å². The molecule has 2 aromatic carbocycles. The number of carbonyl (C=O) groups excluding carboxylic acids is 1. The fourth-order valence-corrected chi connectivity index (χ4v) is 1.55. The standard InChI is InChI=1S/C13H8F4N2O/c14-6-1-2-7(11(18)3-6)13(20)19-12-5-9(16)8(15)4-10(12)17/h1-5H,18H2,(H,19,20). The number of nitrogen functional groups attached to an aromatic ring is 1. The first-order valence-corrected chi connectivity index (χ1v) is 5.39. The van der Waals surface area contributed by atoms with Gasteiger partial charge in [0.1, 0.15) is 11.6 Å². The van der Waals surface area contributed by atoms with Crippen LogP contribution in [0.25, 0.3) is 0 Å². The minimum absolute atomic E-state index is 0.115. The molecule has 0 aliphatic rings. The van der Waals surface area contributed by atoms with Crippen LogP contribution in [-0.2, 0) is 0 Å². The zero-order valence-corrected chi connectivity index (χ0v) is 9.88. The van der Waals surface area contributed by atoms with Gasteiger partial charge in [0, 0.05) is 17.8 Å². The number of halogens is 4. The lowest BCUT2D eigenvalue weighted by Gasteiger charge is -2.09. The van der Waals surface area contributed by atoms with E-state index in [1.807, 2.05) is 5.32 Å². The molecule has 0 heterocycles. The van der Waals surface area contributed by atoms with Crippen LogP contribution in [0.3, 0.4) is 0 Å². The fourth-order valence-electron chi connectivity index (χ4n) is 1.55. The average Bonchev–Trinajstić information content (AvgIpc) is 2.35. The van der Waals surface area contributed by atoms with E-state index >= 15 is 0 Å². The summed E-state index contributed by atoms with van der Waals surface area (Å²) in [6.07, 6.45) is 0. The van der Waals surface area contributed by atoms with Gasteiger partial charge in [0.25, 0.3) is 5.91 Å². The minimum Gasteiger partial charge on any atom is -0.398 e. The van der Waals surface area contributed by atoms with E-state index in [0.29, 0.717) is 12.1 Å². The average molecular weight is 284 g/mol. The number of carbonyl (C=O) groups is 1. The van der Waals surface area contributed by atoms with Crippen LogP contribution in [0.5, 0.6) is 0 Å². The van der Waals surface area contributed by atoms with Crippen molar-refractivity contribution in [2.75, 3.05) is 11.1 Å². The number of benzene rings is 2. The molecule has 0 radical (unpaired) electrons. The molecule has 0 aromatic heterocycles. The minimum atomic E-state index is -1.37. The fraction of sp³-hybridized carbons (Fsp3) is 0. The van der Waals surface area contributed by atoms with E-state index in [1.54, 1.807) is 0 Å². The molecule has 0 saturated carbocycles. The van der Waals surface area contributed by atoms with E-state index in [2.05, 4.69) is 0 Å². The van der Waals surface area contributed by atoms with Gasteiger partial charge in [-0.25, -0.2) is 17.6 Å². The van der Waals surface area contributed by atoms with E-state index < -0.39 is 34.9 Å². The Bertz CT molecular complexity index is 688. The smallest absolute Gasteiger partial charge is 0.257 e. The Kier molecular flexibility index (Phi) is 3.60. The van der Waals surface area contributed by atoms with Gasteiger partial charge in [-0.05, 0) is 18.2 Å². The van der Waals surface area contributed by atoms with E-state index in [1.165, 1.54) is 0 Å². The zero-order chi connectivity index (χ0) is 14.9. The normalized spacial score (nSPS) is 10.4. The Morgan fingerprint density at radius 2 is 1.60 bits per heavy atom. The second-order valence-electron chi connectivity index (χ2n) is 3.93. The van der Waals surface area contributed by atoms with E-state index in [0.717, 1.165) is 18.2 Å². The lowest BCUT2D eigenvalue weighted by Crippen LogP contribution is -2.15. The number of rotatable bonds is 2. The second-order valence-corrected chi connectivity index (χ2v) is 3.93. The molecule has 1 amide bonds. The molecule has 0 atom stereocenters. The summed E-state index contributed by atoms with van der Waals surface area (Å²) >= 11 is 0. The summed E-state index contributed by atoms with van der Waals surface area (Å²) < 4.78 is 51.9. The van der Waals surface area contributed by atoms with Crippen LogP contribution in [0.4, 0.5) is 28.9 Å². The Morgan fingerprint density at radius 1 is 0.950 bits per heavy atom. The zero-order valence-electron chi connectivity index (χ0n) is 9.88. The number of nitrogens with one attached hydrogen (secondary N) is 1. The molecule has 20 heavy (non-hydrogen) atoms. The maximum Gasteiger partial charge on any atom is 0.257 e. The first-order valence-electron chi connectivity index (χ1n) is 5.39. The van der Waals surface area contributed by atoms with Gasteiger partial charge >= 0.3 is 0 Å². The van der Waals surface area contributed by atoms with Gasteiger partial charge in [-0.1, -0.05) is 0 Å². The number of hydrogen-bond acceptors (Lipinski definition) is 2. The molecular weight excluding hydrogens is 276 g/mol. The third kappa shape index (κ3) is 2.71. The van der Waals surface area contributed by atoms with Crippen molar-refractivity contribution in [1.82, 2.24) is 0 Å². The maximum atomic E-state index is 13.4. The summed E-state index contributed by atoms with van der Waals surface area (Å²) in [5, 5.41) is 2.03. The first kappa shape index (κ1) is 13.9. The number of hydrogen-bond donors (Lipinski definition) is 2. The molecule has 3 nitrogen and oxygen atoms in total. The van der Waals surface area contributed by atoms with Crippen molar-refractivity contribution in [3.63, 3.8) is 0 Å². The van der Waals surface area contributed by atoms with E-state index in [4.69, 9.17) is 5.73 Å². The highest BCUT2D eigenvalue weighted by molar-refractivity contribution is 6.07. The highest BCUT2D eigenvalue weighted by atomic mass is 19.2. The summed E-state index contributed by atoms with van der Waals surface area (Å²) in [5.74, 6) is -5.33. The third-order valence-electron chi connectivity index (χ3n) is 2.52. The second kappa shape index (κ2) is 5.20. The summed E-state index contributed by atoms with van der Waals surface area (Å²) in [7, 11) is 0. The maximum absolute atomic E-state index is 13.4. The van der Waals surface area contributed by atoms with Gasteiger partial charge in [0.2, 0.25) is 0 Å². The van der Waals surface area contributed by atoms with Gasteiger partial charge in [-0.15, -0.1) is 0 Å². The van der Waals surface area contributed by atoms with Crippen molar-refractivity contribution in [2.45, 2.75) is 0 Å². The summed E-state index contributed by atoms with van der Waals surface area (Å²) in [4.78, 5) is 11.8. The van der Waals surface area contributed by atoms with Crippen LogP contribution >= 0.6 is 0 Å². The molecular formula is C13H8F4N2O. The largest absolute Gasteiger partial charge is 0.398 e. The van der Waals surface area contributed by atoms with Crippen LogP contribution in [-0.4, -0.2) is 5.91 Å². The van der Waals surface area contributed by atoms with Crippen LogP contribution in [0.15, 0.2) is 30.3 Å². The van der Waals surface area contributed by atoms with Crippen LogP contribution < -0.4 is 11.1 Å². The Hall–Kier alpha value is -2.57. The summed E-state index contributed by atoms with van der Waals surface area (Å²) in [5.41, 5.74) is 4.62. The summed E-state index contributed by atoms with van der Waals surface area (Å²) in [6, 6.07) is 3.81. The SMILES string of the molecule is Nc1cc(F)ccc1C(=O)Nc1cc(F)c(F)cc1F. The number of anilines is 2. The molecule has 0 saturated heterocycles. The molecule has 2 aromatic rings. The third-order valence-corrected chi connectivity index (χ3v) is 2.52. The lowest BCUT2D eigenvalue weighted by molar-refractivity contribution is 0.102. The highest BCUT2D eigenvalue weighted by Gasteiger charge is 2.15. The van der Waals surface area contributed by atoms with Crippen molar-refractivity contribution >= 4 is 17.3 Å². The number of amides is 1. The molecule has 0 spiro atoms. The van der Waals surface area contributed by atoms with Gasteiger partial charge in [-0.3, -0.25) is 4.79 Å². The van der Waals surface area contributed by atoms with Crippen LogP contribution in [0, 0.1) is 23.3 Å². The molecule has 0 aliphatic heterocycles. The topological polar surface area (TPSA) is 55.1 Å². The Morgan fingerprint density at radius 3 is 2.25 bits per heavy atom. The van der Waals surface area contributed by atoms with Crippen molar-refractivity contribution < 1.29 is 22.4 Å². The number of nitrogens with two attached hydrogens (primary N) is 1. The molecule has 0 aliphatic carbocycles. The monoisotopic (exact) mass is 284 g/mol. The molecule has 3 N–H and O–H groups in total. The molecule has 7 heteroatoms. The van der Waals surface area contributed by atoms with Crippen LogP contribution in [0.1, 0.15) is 10.4 Å². The van der Waals surface area contributed by atoms with Gasteiger partial charge in [-0.2, -0.15) is 0 Å². The predicted octanol–water partition coefficient (Wildman–Crippen LogP) is 3.08. The quantitative estimate of drug-likeness (QED) is 0.506. The highest BCUT2D eigenvalue weighted by Crippen LogP contribution is 2.21. The lowest BCUT2D eigenvalue weighted by atomic mass is 10.1. The van der Waals surface area contributed by atoms with Gasteiger partial charge in [0.05, 0.1) is 11.3 Å². The van der Waals surface area contributed by atoms with Gasteiger partial charge in [0.15, 0.2) is 11.6 Å². The van der Waals surface area contributed by atoms with Crippen LogP contribution in [0.2, 0.25) is 0 Å². The molecule has 0 unspecified atom stereocenters. The first-order chi connectivity index (χ1) is 9.38. The molecule has 104 valence electrons. The molecule has 2 rings (SSSR count). The summed E-state index contributed by atoms with van der Waals surface area (Å²) in [6.45, 7) is 0. The van der Waals surface area contributed by atoms with Gasteiger partial charge < -0.3 is 11.1 Å². The molecule has 0 bridgehead atoms. The van der Waals surface area contributed by atoms with Crippen molar-refractivity contribution in [3.8, 4) is 0 Å². The molecule has 0 fully saturated rings. The van der Waals surface area contributed by atoms with Crippen molar-refractivity contribution in [2.24, 2.45) is 0 Å². The van der Waals surface area contributed by atoms with Crippen molar-refractivity contribution in [1.29, 1.82) is 0 Å². The Balaban J connectivity index is 2.30. The predicted molar refractivity (Wildman–Crippen MR) is 65.1 cm³/mol. The van der Waals surface area contributed by atoms with E-state index in [-0.39, 0.29) is 11.3 Å². The Labute approximate surface area is 111 Å².